The van der Waals surface area contributed by atoms with Crippen LogP contribution in [0.4, 0.5) is 0 Å². The molecule has 3 aliphatic carbocycles. The average molecular weight is 227 g/mol. The molecule has 1 spiro atoms. The molecule has 4 aliphatic rings. The fraction of sp³-hybridized carbons (Fsp3) is 0.818. The molecular weight excluding hydrogens is 210 g/mol. The SMILES string of the molecule is C[C@H]1C[C@@]23C=C[C@@H](CC2)C[C@@H]3S(=O)(=O)N1. The van der Waals surface area contributed by atoms with E-state index in [1.807, 2.05) is 6.92 Å². The summed E-state index contributed by atoms with van der Waals surface area (Å²) in [6.45, 7) is 1.97. The minimum atomic E-state index is -3.07. The van der Waals surface area contributed by atoms with Gasteiger partial charge in [0.2, 0.25) is 10.0 Å². The Kier molecular flexibility index (Phi) is 1.88. The lowest BCUT2D eigenvalue weighted by Crippen LogP contribution is -2.58. The van der Waals surface area contributed by atoms with Crippen molar-refractivity contribution in [2.75, 3.05) is 0 Å². The summed E-state index contributed by atoms with van der Waals surface area (Å²) in [6.07, 6.45) is 8.48. The van der Waals surface area contributed by atoms with Crippen molar-refractivity contribution in [3.8, 4) is 0 Å². The van der Waals surface area contributed by atoms with Gasteiger partial charge < -0.3 is 0 Å². The molecule has 84 valence electrons. The Labute approximate surface area is 91.0 Å². The van der Waals surface area contributed by atoms with Gasteiger partial charge in [0.05, 0.1) is 5.25 Å². The van der Waals surface area contributed by atoms with E-state index in [0.717, 1.165) is 19.3 Å². The van der Waals surface area contributed by atoms with Crippen LogP contribution in [0.15, 0.2) is 12.2 Å². The van der Waals surface area contributed by atoms with Crippen LogP contribution in [-0.2, 0) is 10.0 Å². The summed E-state index contributed by atoms with van der Waals surface area (Å²) in [5.74, 6) is 0.502. The van der Waals surface area contributed by atoms with E-state index in [9.17, 15) is 8.42 Å². The highest BCUT2D eigenvalue weighted by molar-refractivity contribution is 7.90. The molecule has 15 heavy (non-hydrogen) atoms. The Bertz CT molecular complexity index is 414. The maximum Gasteiger partial charge on any atom is 0.215 e. The summed E-state index contributed by atoms with van der Waals surface area (Å²) in [7, 11) is -3.07. The van der Waals surface area contributed by atoms with Crippen molar-refractivity contribution in [1.82, 2.24) is 4.72 Å². The molecule has 3 nitrogen and oxygen atoms in total. The molecule has 1 saturated carbocycles. The van der Waals surface area contributed by atoms with E-state index in [1.165, 1.54) is 6.42 Å². The third-order valence-corrected chi connectivity index (χ3v) is 6.41. The standard InChI is InChI=1S/C11H17NO2S/c1-8-7-11-4-2-9(3-5-11)6-10(11)15(13,14)12-8/h2,4,8-10,12H,3,5-7H2,1H3/t8-,9-,10-,11+/m0/s1. The van der Waals surface area contributed by atoms with E-state index in [1.54, 1.807) is 0 Å². The first kappa shape index (κ1) is 9.85. The molecule has 1 saturated heterocycles. The first-order valence-corrected chi connectivity index (χ1v) is 7.27. The Morgan fingerprint density at radius 2 is 2.27 bits per heavy atom. The highest BCUT2D eigenvalue weighted by Gasteiger charge is 2.54. The van der Waals surface area contributed by atoms with Gasteiger partial charge in [0.15, 0.2) is 0 Å². The topological polar surface area (TPSA) is 46.2 Å². The molecule has 4 atom stereocenters. The van der Waals surface area contributed by atoms with E-state index in [0.29, 0.717) is 5.92 Å². The molecule has 1 N–H and O–H groups in total. The van der Waals surface area contributed by atoms with Gasteiger partial charge in [-0.2, -0.15) is 0 Å². The second kappa shape index (κ2) is 2.86. The summed E-state index contributed by atoms with van der Waals surface area (Å²) in [6, 6.07) is 0.0885. The van der Waals surface area contributed by atoms with Crippen LogP contribution in [-0.4, -0.2) is 19.7 Å². The Morgan fingerprint density at radius 1 is 1.47 bits per heavy atom. The van der Waals surface area contributed by atoms with Crippen molar-refractivity contribution >= 4 is 10.0 Å². The van der Waals surface area contributed by atoms with Gasteiger partial charge in [-0.25, -0.2) is 13.1 Å². The van der Waals surface area contributed by atoms with Gasteiger partial charge >= 0.3 is 0 Å². The Hall–Kier alpha value is -0.350. The minimum Gasteiger partial charge on any atom is -0.212 e. The lowest BCUT2D eigenvalue weighted by atomic mass is 9.62. The smallest absolute Gasteiger partial charge is 0.212 e. The van der Waals surface area contributed by atoms with E-state index in [4.69, 9.17) is 0 Å². The first-order valence-electron chi connectivity index (χ1n) is 5.72. The first-order chi connectivity index (χ1) is 7.02. The highest BCUT2D eigenvalue weighted by Crippen LogP contribution is 2.52. The molecule has 0 aromatic carbocycles. The largest absolute Gasteiger partial charge is 0.215 e. The molecule has 2 bridgehead atoms. The van der Waals surface area contributed by atoms with Crippen molar-refractivity contribution in [2.45, 2.75) is 43.9 Å². The zero-order valence-electron chi connectivity index (χ0n) is 8.94. The van der Waals surface area contributed by atoms with Gasteiger partial charge in [-0.15, -0.1) is 0 Å². The summed E-state index contributed by atoms with van der Waals surface area (Å²) < 4.78 is 26.9. The average Bonchev–Trinajstić information content (AvgIpc) is 2.16. The van der Waals surface area contributed by atoms with Crippen molar-refractivity contribution in [2.24, 2.45) is 11.3 Å². The predicted octanol–water partition coefficient (Wildman–Crippen LogP) is 1.42. The van der Waals surface area contributed by atoms with Gasteiger partial charge in [0, 0.05) is 11.5 Å². The number of hydrogen-bond acceptors (Lipinski definition) is 2. The van der Waals surface area contributed by atoms with Gasteiger partial charge in [-0.3, -0.25) is 0 Å². The number of nitrogens with one attached hydrogen (secondary N) is 1. The van der Waals surface area contributed by atoms with E-state index >= 15 is 0 Å². The summed E-state index contributed by atoms with van der Waals surface area (Å²) >= 11 is 0. The summed E-state index contributed by atoms with van der Waals surface area (Å²) in [5, 5.41) is -0.162. The third kappa shape index (κ3) is 1.31. The van der Waals surface area contributed by atoms with Gasteiger partial charge in [-0.1, -0.05) is 12.2 Å². The van der Waals surface area contributed by atoms with Crippen molar-refractivity contribution < 1.29 is 8.42 Å². The molecule has 4 rings (SSSR count). The number of hydrogen-bond donors (Lipinski definition) is 1. The summed E-state index contributed by atoms with van der Waals surface area (Å²) in [5.41, 5.74) is -0.0434. The van der Waals surface area contributed by atoms with Crippen LogP contribution in [0.5, 0.6) is 0 Å². The number of fused-ring (bicyclic) bond motifs is 1. The Morgan fingerprint density at radius 3 is 2.93 bits per heavy atom. The molecule has 0 aromatic heterocycles. The van der Waals surface area contributed by atoms with Crippen LogP contribution < -0.4 is 4.72 Å². The fourth-order valence-electron chi connectivity index (χ4n) is 3.65. The molecule has 0 aromatic rings. The van der Waals surface area contributed by atoms with Gasteiger partial charge in [-0.05, 0) is 38.5 Å². The Balaban J connectivity index is 2.09. The molecular formula is C11H17NO2S. The maximum absolute atomic E-state index is 12.1. The zero-order valence-corrected chi connectivity index (χ0v) is 9.76. The maximum atomic E-state index is 12.1. The zero-order chi connectivity index (χ0) is 10.7. The molecule has 0 amide bonds. The molecule has 1 aliphatic heterocycles. The predicted molar refractivity (Wildman–Crippen MR) is 58.8 cm³/mol. The molecule has 0 unspecified atom stereocenters. The van der Waals surface area contributed by atoms with E-state index in [2.05, 4.69) is 16.9 Å². The van der Waals surface area contributed by atoms with Crippen LogP contribution in [0.25, 0.3) is 0 Å². The van der Waals surface area contributed by atoms with E-state index < -0.39 is 10.0 Å². The van der Waals surface area contributed by atoms with Crippen LogP contribution in [0.1, 0.15) is 32.6 Å². The molecule has 4 heteroatoms. The van der Waals surface area contributed by atoms with Crippen LogP contribution >= 0.6 is 0 Å². The minimum absolute atomic E-state index is 0.0434. The number of allylic oxidation sites excluding steroid dienone is 2. The van der Waals surface area contributed by atoms with Gasteiger partial charge in [0.25, 0.3) is 0 Å². The third-order valence-electron chi connectivity index (χ3n) is 4.27. The fourth-order valence-corrected chi connectivity index (χ4v) is 5.87. The number of rotatable bonds is 0. The normalized spacial score (nSPS) is 51.4. The van der Waals surface area contributed by atoms with Crippen LogP contribution in [0, 0.1) is 11.3 Å². The molecule has 1 heterocycles. The lowest BCUT2D eigenvalue weighted by molar-refractivity contribution is 0.165. The second-order valence-corrected chi connectivity index (χ2v) is 7.28. The van der Waals surface area contributed by atoms with E-state index in [-0.39, 0.29) is 16.7 Å². The monoisotopic (exact) mass is 227 g/mol. The van der Waals surface area contributed by atoms with Crippen LogP contribution in [0.2, 0.25) is 0 Å². The van der Waals surface area contributed by atoms with Crippen molar-refractivity contribution in [3.63, 3.8) is 0 Å². The highest BCUT2D eigenvalue weighted by atomic mass is 32.2. The molecule has 0 radical (unpaired) electrons. The summed E-state index contributed by atoms with van der Waals surface area (Å²) in [4.78, 5) is 0. The van der Waals surface area contributed by atoms with Crippen molar-refractivity contribution in [1.29, 1.82) is 0 Å². The lowest BCUT2D eigenvalue weighted by Gasteiger charge is -2.51. The van der Waals surface area contributed by atoms with Gasteiger partial charge in [0.1, 0.15) is 0 Å². The van der Waals surface area contributed by atoms with Crippen molar-refractivity contribution in [3.05, 3.63) is 12.2 Å². The molecule has 2 fully saturated rings. The number of sulfonamides is 1. The van der Waals surface area contributed by atoms with Crippen LogP contribution in [0.3, 0.4) is 0 Å². The second-order valence-electron chi connectivity index (χ2n) is 5.38. The quantitative estimate of drug-likeness (QED) is 0.636.